The lowest BCUT2D eigenvalue weighted by Gasteiger charge is -2.06. The lowest BCUT2D eigenvalue weighted by molar-refractivity contribution is 0.515. The number of aryl methyl sites for hydroxylation is 1. The molecule has 0 aliphatic heterocycles. The van der Waals surface area contributed by atoms with Crippen LogP contribution in [-0.2, 0) is 7.05 Å². The normalized spacial score (nSPS) is 11.8. The number of hydrogen-bond acceptors (Lipinski definition) is 3. The molecule has 0 aliphatic carbocycles. The molecule has 0 saturated carbocycles. The molecule has 0 fully saturated rings. The molecule has 0 bridgehead atoms. The fourth-order valence-electron chi connectivity index (χ4n) is 2.23. The Kier molecular flexibility index (Phi) is 3.69. The molecule has 4 nitrogen and oxygen atoms in total. The van der Waals surface area contributed by atoms with Crippen LogP contribution in [0.2, 0.25) is 5.02 Å². The molecule has 3 rings (SSSR count). The highest BCUT2D eigenvalue weighted by molar-refractivity contribution is 6.30. The molecule has 0 aliphatic rings. The van der Waals surface area contributed by atoms with E-state index in [1.165, 1.54) is 10.6 Å². The fraction of sp³-hybridized carbons (Fsp3) is 0.0588. The van der Waals surface area contributed by atoms with E-state index in [1.54, 1.807) is 31.3 Å². The summed E-state index contributed by atoms with van der Waals surface area (Å²) in [6.07, 6.45) is 1.37. The predicted molar refractivity (Wildman–Crippen MR) is 88.9 cm³/mol. The minimum atomic E-state index is -0.265. The standard InChI is InChI=1S/C17H13ClN2O2/c1-20-15-5-3-2-4-13(15)19-14(17(20)22)10-16(21)11-6-8-12(18)9-7-11/h2-10,21H,1H3/b16-10-. The van der Waals surface area contributed by atoms with Crippen molar-refractivity contribution in [1.29, 1.82) is 0 Å². The molecule has 0 spiro atoms. The van der Waals surface area contributed by atoms with Gasteiger partial charge in [0.05, 0.1) is 11.0 Å². The van der Waals surface area contributed by atoms with Crippen molar-refractivity contribution in [2.24, 2.45) is 7.05 Å². The number of fused-ring (bicyclic) bond motifs is 1. The third-order valence-electron chi connectivity index (χ3n) is 3.42. The Morgan fingerprint density at radius 2 is 1.86 bits per heavy atom. The molecule has 5 heteroatoms. The molecule has 1 aromatic heterocycles. The highest BCUT2D eigenvalue weighted by Gasteiger charge is 2.08. The summed E-state index contributed by atoms with van der Waals surface area (Å²) in [5.41, 5.74) is 1.93. The van der Waals surface area contributed by atoms with Gasteiger partial charge in [-0.3, -0.25) is 4.79 Å². The topological polar surface area (TPSA) is 55.1 Å². The predicted octanol–water partition coefficient (Wildman–Crippen LogP) is 3.64. The first kappa shape index (κ1) is 14.4. The molecule has 3 aromatic rings. The van der Waals surface area contributed by atoms with Crippen LogP contribution in [0.3, 0.4) is 0 Å². The van der Waals surface area contributed by atoms with E-state index in [4.69, 9.17) is 11.6 Å². The summed E-state index contributed by atoms with van der Waals surface area (Å²) in [4.78, 5) is 16.7. The number of aromatic nitrogens is 2. The van der Waals surface area contributed by atoms with Gasteiger partial charge >= 0.3 is 0 Å². The van der Waals surface area contributed by atoms with E-state index in [-0.39, 0.29) is 17.0 Å². The van der Waals surface area contributed by atoms with Gasteiger partial charge in [0, 0.05) is 23.7 Å². The third-order valence-corrected chi connectivity index (χ3v) is 3.67. The van der Waals surface area contributed by atoms with E-state index < -0.39 is 0 Å². The molecule has 0 unspecified atom stereocenters. The van der Waals surface area contributed by atoms with Gasteiger partial charge in [-0.1, -0.05) is 23.7 Å². The van der Waals surface area contributed by atoms with Gasteiger partial charge in [-0.15, -0.1) is 0 Å². The van der Waals surface area contributed by atoms with Crippen LogP contribution in [0.5, 0.6) is 0 Å². The minimum Gasteiger partial charge on any atom is -0.507 e. The van der Waals surface area contributed by atoms with Crippen molar-refractivity contribution < 1.29 is 5.11 Å². The van der Waals surface area contributed by atoms with Gasteiger partial charge in [-0.2, -0.15) is 0 Å². The zero-order valence-corrected chi connectivity index (χ0v) is 12.6. The summed E-state index contributed by atoms with van der Waals surface area (Å²) in [6, 6.07) is 14.1. The summed E-state index contributed by atoms with van der Waals surface area (Å²) >= 11 is 5.82. The minimum absolute atomic E-state index is 0.0310. The Hall–Kier alpha value is -2.59. The van der Waals surface area contributed by atoms with E-state index in [9.17, 15) is 9.90 Å². The Balaban J connectivity index is 2.14. The Morgan fingerprint density at radius 3 is 2.59 bits per heavy atom. The maximum Gasteiger partial charge on any atom is 0.276 e. The van der Waals surface area contributed by atoms with Gasteiger partial charge < -0.3 is 9.67 Å². The number of halogens is 1. The van der Waals surface area contributed by atoms with Crippen LogP contribution in [-0.4, -0.2) is 14.7 Å². The molecule has 1 N–H and O–H groups in total. The van der Waals surface area contributed by atoms with Gasteiger partial charge in [0.1, 0.15) is 11.5 Å². The van der Waals surface area contributed by atoms with E-state index >= 15 is 0 Å². The molecule has 0 radical (unpaired) electrons. The number of rotatable bonds is 2. The van der Waals surface area contributed by atoms with Crippen molar-refractivity contribution >= 4 is 34.5 Å². The highest BCUT2D eigenvalue weighted by Crippen LogP contribution is 2.17. The summed E-state index contributed by atoms with van der Waals surface area (Å²) < 4.78 is 1.52. The van der Waals surface area contributed by atoms with Gasteiger partial charge in [0.15, 0.2) is 0 Å². The van der Waals surface area contributed by atoms with Crippen LogP contribution < -0.4 is 5.56 Å². The van der Waals surface area contributed by atoms with Crippen LogP contribution in [0, 0.1) is 0 Å². The quantitative estimate of drug-likeness (QED) is 0.735. The van der Waals surface area contributed by atoms with E-state index in [0.717, 1.165) is 5.52 Å². The molecular formula is C17H13ClN2O2. The lowest BCUT2D eigenvalue weighted by atomic mass is 10.1. The highest BCUT2D eigenvalue weighted by atomic mass is 35.5. The van der Waals surface area contributed by atoms with E-state index in [2.05, 4.69) is 4.98 Å². The number of nitrogens with zero attached hydrogens (tertiary/aromatic N) is 2. The molecule has 1 heterocycles. The largest absolute Gasteiger partial charge is 0.507 e. The van der Waals surface area contributed by atoms with Gasteiger partial charge in [0.25, 0.3) is 5.56 Å². The molecule has 110 valence electrons. The maximum atomic E-state index is 12.3. The number of benzene rings is 2. The first-order valence-corrected chi connectivity index (χ1v) is 7.06. The lowest BCUT2D eigenvalue weighted by Crippen LogP contribution is -2.21. The Morgan fingerprint density at radius 1 is 1.18 bits per heavy atom. The second-order valence-corrected chi connectivity index (χ2v) is 5.32. The van der Waals surface area contributed by atoms with Crippen molar-refractivity contribution in [3.63, 3.8) is 0 Å². The van der Waals surface area contributed by atoms with Gasteiger partial charge in [-0.05, 0) is 36.4 Å². The third kappa shape index (κ3) is 2.61. The van der Waals surface area contributed by atoms with Crippen molar-refractivity contribution in [3.05, 3.63) is 75.2 Å². The van der Waals surface area contributed by atoms with Gasteiger partial charge in [0.2, 0.25) is 0 Å². The number of aliphatic hydroxyl groups excluding tert-OH is 1. The smallest absolute Gasteiger partial charge is 0.276 e. The first-order chi connectivity index (χ1) is 10.6. The average Bonchev–Trinajstić information content (AvgIpc) is 2.53. The van der Waals surface area contributed by atoms with Crippen LogP contribution in [0.4, 0.5) is 0 Å². The summed E-state index contributed by atoms with van der Waals surface area (Å²) in [5, 5.41) is 10.8. The van der Waals surface area contributed by atoms with Gasteiger partial charge in [-0.25, -0.2) is 4.98 Å². The fourth-order valence-corrected chi connectivity index (χ4v) is 2.35. The molecular weight excluding hydrogens is 300 g/mol. The average molecular weight is 313 g/mol. The zero-order chi connectivity index (χ0) is 15.7. The van der Waals surface area contributed by atoms with Crippen LogP contribution in [0.25, 0.3) is 22.9 Å². The molecule has 2 aromatic carbocycles. The second kappa shape index (κ2) is 5.66. The van der Waals surface area contributed by atoms with E-state index in [0.29, 0.717) is 16.1 Å². The van der Waals surface area contributed by atoms with E-state index in [1.807, 2.05) is 24.3 Å². The summed E-state index contributed by atoms with van der Waals surface area (Å²) in [7, 11) is 1.68. The molecule has 0 amide bonds. The number of para-hydroxylation sites is 2. The monoisotopic (exact) mass is 312 g/mol. The van der Waals surface area contributed by atoms with Crippen molar-refractivity contribution in [2.75, 3.05) is 0 Å². The zero-order valence-electron chi connectivity index (χ0n) is 11.8. The number of hydrogen-bond donors (Lipinski definition) is 1. The van der Waals surface area contributed by atoms with Crippen LogP contribution in [0.15, 0.2) is 53.3 Å². The second-order valence-electron chi connectivity index (χ2n) is 4.89. The number of aliphatic hydroxyl groups is 1. The van der Waals surface area contributed by atoms with Crippen LogP contribution in [0.1, 0.15) is 11.3 Å². The molecule has 22 heavy (non-hydrogen) atoms. The van der Waals surface area contributed by atoms with Crippen molar-refractivity contribution in [2.45, 2.75) is 0 Å². The van der Waals surface area contributed by atoms with Crippen LogP contribution >= 0.6 is 11.6 Å². The Bertz CT molecular complexity index is 928. The molecule has 0 atom stereocenters. The maximum absolute atomic E-state index is 12.3. The molecule has 0 saturated heterocycles. The summed E-state index contributed by atoms with van der Waals surface area (Å²) in [6.45, 7) is 0. The van der Waals surface area contributed by atoms with Crippen molar-refractivity contribution in [1.82, 2.24) is 9.55 Å². The first-order valence-electron chi connectivity index (χ1n) is 6.68. The van der Waals surface area contributed by atoms with Crippen molar-refractivity contribution in [3.8, 4) is 0 Å². The SMILES string of the molecule is Cn1c(=O)c(/C=C(\O)c2ccc(Cl)cc2)nc2ccccc21. The summed E-state index contributed by atoms with van der Waals surface area (Å²) in [5.74, 6) is -0.0310. The Labute approximate surface area is 131 Å².